The van der Waals surface area contributed by atoms with Crippen molar-refractivity contribution in [2.75, 3.05) is 13.2 Å². The summed E-state index contributed by atoms with van der Waals surface area (Å²) in [6.45, 7) is 5.06. The van der Waals surface area contributed by atoms with E-state index in [9.17, 15) is 9.59 Å². The number of unbranched alkanes of at least 4 members (excludes halogenated alkanes) is 5. The predicted molar refractivity (Wildman–Crippen MR) is 104 cm³/mol. The summed E-state index contributed by atoms with van der Waals surface area (Å²) in [5.41, 5.74) is 0.899. The molecule has 1 aromatic carbocycles. The van der Waals surface area contributed by atoms with Crippen LogP contribution < -0.4 is 0 Å². The average molecular weight is 360 g/mol. The molecule has 1 aromatic rings. The van der Waals surface area contributed by atoms with E-state index in [1.165, 1.54) is 19.3 Å². The molecule has 4 nitrogen and oxygen atoms in total. The van der Waals surface area contributed by atoms with Crippen molar-refractivity contribution in [1.29, 1.82) is 0 Å². The van der Waals surface area contributed by atoms with Crippen LogP contribution in [0.4, 0.5) is 0 Å². The molecule has 0 aliphatic rings. The first-order valence-corrected chi connectivity index (χ1v) is 9.78. The molecule has 0 heterocycles. The number of carbonyl (C=O) groups excluding carboxylic acids is 2. The highest BCUT2D eigenvalue weighted by atomic mass is 16.5. The lowest BCUT2D eigenvalue weighted by Gasteiger charge is -2.06. The summed E-state index contributed by atoms with van der Waals surface area (Å²) >= 11 is 0. The van der Waals surface area contributed by atoms with E-state index < -0.39 is 0 Å². The number of allylic oxidation sites excluding steroid dienone is 2. The Kier molecular flexibility index (Phi) is 11.9. The number of carbonyl (C=O) groups is 2. The van der Waals surface area contributed by atoms with Crippen molar-refractivity contribution in [2.24, 2.45) is 0 Å². The van der Waals surface area contributed by atoms with Crippen LogP contribution in [0.3, 0.4) is 0 Å². The third-order valence-corrected chi connectivity index (χ3v) is 3.98. The van der Waals surface area contributed by atoms with E-state index in [2.05, 4.69) is 19.1 Å². The number of rotatable bonds is 13. The lowest BCUT2D eigenvalue weighted by atomic mass is 10.1. The Morgan fingerprint density at radius 2 is 1.19 bits per heavy atom. The summed E-state index contributed by atoms with van der Waals surface area (Å²) in [5, 5.41) is 0. The summed E-state index contributed by atoms with van der Waals surface area (Å²) < 4.78 is 10.4. The zero-order chi connectivity index (χ0) is 19.0. The van der Waals surface area contributed by atoms with Gasteiger partial charge >= 0.3 is 11.9 Å². The fraction of sp³-hybridized carbons (Fsp3) is 0.545. The molecule has 0 N–H and O–H groups in total. The maximum absolute atomic E-state index is 12.0. The van der Waals surface area contributed by atoms with Crippen molar-refractivity contribution in [3.8, 4) is 0 Å². The second-order valence-electron chi connectivity index (χ2n) is 6.31. The minimum absolute atomic E-state index is 0.357. The molecule has 0 bridgehead atoms. The van der Waals surface area contributed by atoms with E-state index >= 15 is 0 Å². The molecule has 0 aliphatic heterocycles. The number of ether oxygens (including phenoxy) is 2. The van der Waals surface area contributed by atoms with Gasteiger partial charge in [-0.15, -0.1) is 0 Å². The lowest BCUT2D eigenvalue weighted by Crippen LogP contribution is -2.09. The molecule has 0 amide bonds. The minimum atomic E-state index is -0.358. The van der Waals surface area contributed by atoms with Gasteiger partial charge < -0.3 is 9.47 Å². The van der Waals surface area contributed by atoms with Crippen molar-refractivity contribution in [3.63, 3.8) is 0 Å². The van der Waals surface area contributed by atoms with Gasteiger partial charge in [-0.05, 0) is 56.4 Å². The van der Waals surface area contributed by atoms with Gasteiger partial charge in [0.05, 0.1) is 24.3 Å². The van der Waals surface area contributed by atoms with Crippen LogP contribution in [0.1, 0.15) is 85.9 Å². The molecule has 0 radical (unpaired) electrons. The van der Waals surface area contributed by atoms with Crippen LogP contribution in [-0.4, -0.2) is 25.2 Å². The summed E-state index contributed by atoms with van der Waals surface area (Å²) in [6, 6.07) is 6.41. The van der Waals surface area contributed by atoms with E-state index in [-0.39, 0.29) is 11.9 Å². The van der Waals surface area contributed by atoms with E-state index in [1.54, 1.807) is 24.3 Å². The highest BCUT2D eigenvalue weighted by Gasteiger charge is 2.10. The average Bonchev–Trinajstić information content (AvgIpc) is 2.66. The normalized spacial score (nSPS) is 10.8. The molecule has 0 unspecified atom stereocenters. The van der Waals surface area contributed by atoms with Gasteiger partial charge in [0.15, 0.2) is 0 Å². The Bertz CT molecular complexity index is 546. The van der Waals surface area contributed by atoms with Gasteiger partial charge in [-0.1, -0.05) is 45.3 Å². The first-order chi connectivity index (χ1) is 12.7. The lowest BCUT2D eigenvalue weighted by molar-refractivity contribution is 0.0486. The van der Waals surface area contributed by atoms with Gasteiger partial charge in [-0.2, -0.15) is 0 Å². The first kappa shape index (κ1) is 21.9. The Balaban J connectivity index is 2.25. The fourth-order valence-corrected chi connectivity index (χ4v) is 2.33. The first-order valence-electron chi connectivity index (χ1n) is 9.78. The van der Waals surface area contributed by atoms with E-state index in [0.717, 1.165) is 32.1 Å². The van der Waals surface area contributed by atoms with Crippen LogP contribution in [0, 0.1) is 0 Å². The second kappa shape index (κ2) is 14.1. The highest BCUT2D eigenvalue weighted by Crippen LogP contribution is 2.09. The molecule has 0 spiro atoms. The van der Waals surface area contributed by atoms with E-state index in [1.807, 2.05) is 6.92 Å². The largest absolute Gasteiger partial charge is 0.462 e. The number of esters is 2. The summed E-state index contributed by atoms with van der Waals surface area (Å²) in [7, 11) is 0. The summed E-state index contributed by atoms with van der Waals surface area (Å²) in [6.07, 6.45) is 12.8. The van der Waals surface area contributed by atoms with Crippen LogP contribution in [-0.2, 0) is 9.47 Å². The minimum Gasteiger partial charge on any atom is -0.462 e. The van der Waals surface area contributed by atoms with Gasteiger partial charge in [0.2, 0.25) is 0 Å². The Morgan fingerprint density at radius 3 is 1.69 bits per heavy atom. The molecule has 0 aromatic heterocycles. The maximum atomic E-state index is 12.0. The Labute approximate surface area is 157 Å². The quantitative estimate of drug-likeness (QED) is 0.256. The number of hydrogen-bond donors (Lipinski definition) is 0. The molecule has 0 saturated carbocycles. The van der Waals surface area contributed by atoms with Gasteiger partial charge in [-0.25, -0.2) is 9.59 Å². The molecule has 0 aliphatic carbocycles. The summed E-state index contributed by atoms with van der Waals surface area (Å²) in [4.78, 5) is 23.8. The topological polar surface area (TPSA) is 52.6 Å². The molecule has 0 atom stereocenters. The smallest absolute Gasteiger partial charge is 0.338 e. The number of hydrogen-bond acceptors (Lipinski definition) is 4. The van der Waals surface area contributed by atoms with Crippen molar-refractivity contribution in [2.45, 2.75) is 65.2 Å². The monoisotopic (exact) mass is 360 g/mol. The molecule has 4 heteroatoms. The van der Waals surface area contributed by atoms with Crippen molar-refractivity contribution in [3.05, 3.63) is 47.5 Å². The molecule has 0 saturated heterocycles. The van der Waals surface area contributed by atoms with Gasteiger partial charge in [0.1, 0.15) is 0 Å². The third-order valence-electron chi connectivity index (χ3n) is 3.98. The zero-order valence-corrected chi connectivity index (χ0v) is 16.2. The molecule has 26 heavy (non-hydrogen) atoms. The Morgan fingerprint density at radius 1 is 0.731 bits per heavy atom. The van der Waals surface area contributed by atoms with Crippen LogP contribution in [0.25, 0.3) is 0 Å². The Hall–Kier alpha value is -2.10. The second-order valence-corrected chi connectivity index (χ2v) is 6.31. The SMILES string of the molecule is CCCCC/C=C/CCCOC(=O)c1ccc(C(=O)OCCCC)cc1. The van der Waals surface area contributed by atoms with Crippen LogP contribution in [0.2, 0.25) is 0 Å². The van der Waals surface area contributed by atoms with E-state index in [4.69, 9.17) is 9.47 Å². The predicted octanol–water partition coefficient (Wildman–Crippen LogP) is 5.72. The van der Waals surface area contributed by atoms with Crippen LogP contribution in [0.5, 0.6) is 0 Å². The highest BCUT2D eigenvalue weighted by molar-refractivity contribution is 5.93. The molecule has 0 fully saturated rings. The van der Waals surface area contributed by atoms with Crippen molar-refractivity contribution >= 4 is 11.9 Å². The maximum Gasteiger partial charge on any atom is 0.338 e. The van der Waals surface area contributed by atoms with E-state index in [0.29, 0.717) is 24.3 Å². The zero-order valence-electron chi connectivity index (χ0n) is 16.2. The standard InChI is InChI=1S/C22H32O4/c1-3-5-7-8-9-10-11-12-18-26-22(24)20-15-13-19(14-16-20)21(23)25-17-6-4-2/h9-10,13-16H,3-8,11-12,17-18H2,1-2H3/b10-9+. The van der Waals surface area contributed by atoms with Gasteiger partial charge in [0.25, 0.3) is 0 Å². The number of benzene rings is 1. The van der Waals surface area contributed by atoms with Gasteiger partial charge in [0, 0.05) is 0 Å². The molecule has 144 valence electrons. The summed E-state index contributed by atoms with van der Waals surface area (Å²) in [5.74, 6) is -0.716. The third kappa shape index (κ3) is 9.40. The molecular formula is C22H32O4. The fourth-order valence-electron chi connectivity index (χ4n) is 2.33. The van der Waals surface area contributed by atoms with Gasteiger partial charge in [-0.3, -0.25) is 0 Å². The van der Waals surface area contributed by atoms with Crippen molar-refractivity contribution < 1.29 is 19.1 Å². The molecular weight excluding hydrogens is 328 g/mol. The van der Waals surface area contributed by atoms with Crippen LogP contribution in [0.15, 0.2) is 36.4 Å². The molecule has 1 rings (SSSR count). The van der Waals surface area contributed by atoms with Crippen molar-refractivity contribution in [1.82, 2.24) is 0 Å². The van der Waals surface area contributed by atoms with Crippen LogP contribution >= 0.6 is 0 Å².